The highest BCUT2D eigenvalue weighted by Crippen LogP contribution is 2.39. The first-order valence-electron chi connectivity index (χ1n) is 9.44. The molecule has 0 radical (unpaired) electrons. The molecule has 0 fully saturated rings. The SMILES string of the molecule is COc1ccc(-c2cc(C(=O)O)ccc2C(F)(F)F)cc1Cl.O=C(O)c1ccc(C(F)(F)F)c(Br)c1. The molecule has 0 spiro atoms. The molecule has 13 heteroatoms. The van der Waals surface area contributed by atoms with Gasteiger partial charge in [-0.25, -0.2) is 9.59 Å². The summed E-state index contributed by atoms with van der Waals surface area (Å²) in [6, 6.07) is 9.32. The summed E-state index contributed by atoms with van der Waals surface area (Å²) in [5, 5.41) is 17.6. The summed E-state index contributed by atoms with van der Waals surface area (Å²) in [6.07, 6.45) is -9.09. The van der Waals surface area contributed by atoms with E-state index in [0.29, 0.717) is 5.75 Å². The summed E-state index contributed by atoms with van der Waals surface area (Å²) in [4.78, 5) is 21.4. The zero-order chi connectivity index (χ0) is 27.4. The fourth-order valence-electron chi connectivity index (χ4n) is 2.88. The van der Waals surface area contributed by atoms with Crippen molar-refractivity contribution in [2.45, 2.75) is 12.4 Å². The van der Waals surface area contributed by atoms with Crippen LogP contribution in [0, 0.1) is 0 Å². The van der Waals surface area contributed by atoms with Crippen LogP contribution in [0.25, 0.3) is 11.1 Å². The molecule has 5 nitrogen and oxygen atoms in total. The van der Waals surface area contributed by atoms with Crippen molar-refractivity contribution in [3.8, 4) is 16.9 Å². The molecule has 3 aromatic carbocycles. The number of carbonyl (C=O) groups is 2. The lowest BCUT2D eigenvalue weighted by molar-refractivity contribution is -0.138. The van der Waals surface area contributed by atoms with Gasteiger partial charge in [0.2, 0.25) is 0 Å². The summed E-state index contributed by atoms with van der Waals surface area (Å²) in [5.41, 5.74) is -2.35. The highest BCUT2D eigenvalue weighted by atomic mass is 79.9. The zero-order valence-corrected chi connectivity index (χ0v) is 20.2. The summed E-state index contributed by atoms with van der Waals surface area (Å²) >= 11 is 8.59. The van der Waals surface area contributed by atoms with Crippen molar-refractivity contribution in [3.63, 3.8) is 0 Å². The number of carboxylic acid groups (broad SMARTS) is 2. The Labute approximate surface area is 213 Å². The van der Waals surface area contributed by atoms with Gasteiger partial charge in [-0.15, -0.1) is 0 Å². The molecule has 0 bridgehead atoms. The maximum Gasteiger partial charge on any atom is 0.417 e. The fraction of sp³-hybridized carbons (Fsp3) is 0.130. The molecule has 0 unspecified atom stereocenters. The smallest absolute Gasteiger partial charge is 0.417 e. The van der Waals surface area contributed by atoms with Crippen molar-refractivity contribution in [1.29, 1.82) is 0 Å². The van der Waals surface area contributed by atoms with Gasteiger partial charge in [-0.05, 0) is 59.7 Å². The number of carboxylic acids is 2. The molecule has 0 saturated heterocycles. The second-order valence-corrected chi connectivity index (χ2v) is 8.17. The number of aromatic carboxylic acids is 2. The van der Waals surface area contributed by atoms with Gasteiger partial charge in [0.05, 0.1) is 34.4 Å². The molecule has 0 heterocycles. The molecule has 192 valence electrons. The highest BCUT2D eigenvalue weighted by Gasteiger charge is 2.34. The third-order valence-corrected chi connectivity index (χ3v) is 5.51. The number of ether oxygens (including phenoxy) is 1. The van der Waals surface area contributed by atoms with E-state index < -0.39 is 35.4 Å². The van der Waals surface area contributed by atoms with Crippen LogP contribution in [0.15, 0.2) is 59.1 Å². The van der Waals surface area contributed by atoms with Crippen LogP contribution in [0.4, 0.5) is 26.3 Å². The average molecular weight is 600 g/mol. The first-order valence-corrected chi connectivity index (χ1v) is 10.6. The van der Waals surface area contributed by atoms with Crippen molar-refractivity contribution in [1.82, 2.24) is 0 Å². The molecule has 0 amide bonds. The van der Waals surface area contributed by atoms with Crippen molar-refractivity contribution in [3.05, 3.63) is 86.3 Å². The van der Waals surface area contributed by atoms with Gasteiger partial charge < -0.3 is 14.9 Å². The van der Waals surface area contributed by atoms with Crippen LogP contribution in [0.3, 0.4) is 0 Å². The first-order chi connectivity index (χ1) is 16.6. The summed E-state index contributed by atoms with van der Waals surface area (Å²) < 4.78 is 80.6. The minimum Gasteiger partial charge on any atom is -0.495 e. The third-order valence-electron chi connectivity index (χ3n) is 4.56. The first kappa shape index (κ1) is 29.0. The van der Waals surface area contributed by atoms with Gasteiger partial charge in [-0.1, -0.05) is 33.6 Å². The lowest BCUT2D eigenvalue weighted by Gasteiger charge is -2.14. The van der Waals surface area contributed by atoms with E-state index >= 15 is 0 Å². The summed E-state index contributed by atoms with van der Waals surface area (Å²) in [7, 11) is 1.38. The Morgan fingerprint density at radius 3 is 1.72 bits per heavy atom. The van der Waals surface area contributed by atoms with E-state index in [4.69, 9.17) is 26.6 Å². The van der Waals surface area contributed by atoms with Gasteiger partial charge in [0.1, 0.15) is 5.75 Å². The fourth-order valence-corrected chi connectivity index (χ4v) is 3.74. The van der Waals surface area contributed by atoms with Gasteiger partial charge in [0, 0.05) is 4.47 Å². The predicted molar refractivity (Wildman–Crippen MR) is 122 cm³/mol. The number of halogens is 8. The van der Waals surface area contributed by atoms with Crippen LogP contribution < -0.4 is 4.74 Å². The standard InChI is InChI=1S/C15H10ClF3O3.C8H4BrF3O2/c1-22-13-5-3-8(7-12(13)16)10-6-9(14(20)21)2-4-11(10)15(17,18)19;9-6-3-4(7(13)14)1-2-5(6)8(10,11)12/h2-7H,1H3,(H,20,21);1-3H,(H,13,14). The second kappa shape index (κ2) is 11.2. The maximum absolute atomic E-state index is 13.1. The maximum atomic E-state index is 13.1. The number of hydrogen-bond donors (Lipinski definition) is 2. The van der Waals surface area contributed by atoms with Gasteiger partial charge in [-0.2, -0.15) is 26.3 Å². The lowest BCUT2D eigenvalue weighted by Crippen LogP contribution is -2.09. The van der Waals surface area contributed by atoms with E-state index in [9.17, 15) is 35.9 Å². The van der Waals surface area contributed by atoms with E-state index in [0.717, 1.165) is 36.4 Å². The minimum atomic E-state index is -4.61. The number of rotatable bonds is 4. The third kappa shape index (κ3) is 7.14. The van der Waals surface area contributed by atoms with Crippen molar-refractivity contribution in [2.24, 2.45) is 0 Å². The Hall–Kier alpha value is -3.25. The van der Waals surface area contributed by atoms with Crippen molar-refractivity contribution in [2.75, 3.05) is 7.11 Å². The quantitative estimate of drug-likeness (QED) is 0.298. The summed E-state index contributed by atoms with van der Waals surface area (Å²) in [5.74, 6) is -2.26. The molecule has 0 aliphatic heterocycles. The average Bonchev–Trinajstić information content (AvgIpc) is 2.77. The number of hydrogen-bond acceptors (Lipinski definition) is 3. The second-order valence-electron chi connectivity index (χ2n) is 6.91. The van der Waals surface area contributed by atoms with E-state index in [1.807, 2.05) is 0 Å². The Balaban J connectivity index is 0.000000281. The number of alkyl halides is 6. The molecular weight excluding hydrogens is 586 g/mol. The Morgan fingerprint density at radius 2 is 1.31 bits per heavy atom. The zero-order valence-electron chi connectivity index (χ0n) is 17.8. The minimum absolute atomic E-state index is 0.133. The van der Waals surface area contributed by atoms with Crippen molar-refractivity contribution < 1.29 is 50.9 Å². The molecule has 36 heavy (non-hydrogen) atoms. The van der Waals surface area contributed by atoms with Gasteiger partial charge in [0.25, 0.3) is 0 Å². The van der Waals surface area contributed by atoms with Crippen LogP contribution in [-0.4, -0.2) is 29.3 Å². The van der Waals surface area contributed by atoms with Crippen LogP contribution in [-0.2, 0) is 12.4 Å². The highest BCUT2D eigenvalue weighted by molar-refractivity contribution is 9.10. The number of methoxy groups -OCH3 is 1. The molecule has 0 saturated carbocycles. The topological polar surface area (TPSA) is 83.8 Å². The van der Waals surface area contributed by atoms with Gasteiger partial charge in [-0.3, -0.25) is 0 Å². The Morgan fingerprint density at radius 1 is 0.806 bits per heavy atom. The molecule has 0 aliphatic rings. The largest absolute Gasteiger partial charge is 0.495 e. The van der Waals surface area contributed by atoms with Crippen LogP contribution in [0.1, 0.15) is 31.8 Å². The van der Waals surface area contributed by atoms with Crippen LogP contribution in [0.5, 0.6) is 5.75 Å². The van der Waals surface area contributed by atoms with Crippen LogP contribution >= 0.6 is 27.5 Å². The molecule has 0 atom stereocenters. The molecule has 0 aliphatic carbocycles. The van der Waals surface area contributed by atoms with Gasteiger partial charge >= 0.3 is 24.3 Å². The molecular formula is C23H14BrClF6O5. The monoisotopic (exact) mass is 598 g/mol. The van der Waals surface area contributed by atoms with E-state index in [2.05, 4.69) is 15.9 Å². The Kier molecular flexibility index (Phi) is 9.03. The van der Waals surface area contributed by atoms with E-state index in [1.165, 1.54) is 25.3 Å². The lowest BCUT2D eigenvalue weighted by atomic mass is 9.96. The molecule has 0 aromatic heterocycles. The van der Waals surface area contributed by atoms with E-state index in [-0.39, 0.29) is 31.7 Å². The van der Waals surface area contributed by atoms with Crippen LogP contribution in [0.2, 0.25) is 5.02 Å². The normalized spacial score (nSPS) is 11.4. The predicted octanol–water partition coefficient (Wildman–Crippen LogP) is 7.90. The molecule has 3 rings (SSSR count). The van der Waals surface area contributed by atoms with E-state index in [1.54, 1.807) is 0 Å². The molecule has 2 N–H and O–H groups in total. The Bertz CT molecular complexity index is 1290. The number of benzene rings is 3. The summed E-state index contributed by atoms with van der Waals surface area (Å²) in [6.45, 7) is 0. The molecule has 3 aromatic rings. The van der Waals surface area contributed by atoms with Gasteiger partial charge in [0.15, 0.2) is 0 Å². The van der Waals surface area contributed by atoms with Crippen molar-refractivity contribution >= 4 is 39.5 Å².